The van der Waals surface area contributed by atoms with Gasteiger partial charge in [0.1, 0.15) is 6.61 Å². The fourth-order valence-electron chi connectivity index (χ4n) is 4.16. The normalized spacial score (nSPS) is 15.7. The quantitative estimate of drug-likeness (QED) is 0.465. The summed E-state index contributed by atoms with van der Waals surface area (Å²) in [6, 6.07) is 23.8. The fraction of sp³-hybridized carbons (Fsp3) is 0.214. The first-order valence-electron chi connectivity index (χ1n) is 11.3. The Morgan fingerprint density at radius 3 is 2.26 bits per heavy atom. The molecule has 0 aromatic heterocycles. The number of amides is 2. The number of ketones is 1. The lowest BCUT2D eigenvalue weighted by Crippen LogP contribution is -2.47. The van der Waals surface area contributed by atoms with Crippen LogP contribution in [0.1, 0.15) is 37.9 Å². The zero-order valence-electron chi connectivity index (χ0n) is 19.6. The smallest absolute Gasteiger partial charge is 0.326 e. The van der Waals surface area contributed by atoms with Crippen LogP contribution in [0, 0.1) is 0 Å². The van der Waals surface area contributed by atoms with Crippen molar-refractivity contribution in [1.82, 2.24) is 5.32 Å². The van der Waals surface area contributed by atoms with Crippen LogP contribution in [0.3, 0.4) is 0 Å². The van der Waals surface area contributed by atoms with Gasteiger partial charge in [-0.05, 0) is 56.2 Å². The molecule has 1 heterocycles. The SMILES string of the molecule is CCOc1cc([C@@H]2NC(=O)N(c3ccccc3)C(C)=C2C(C)=O)ccc1OCc1ccccc1. The number of hydrogen-bond donors (Lipinski definition) is 1. The third-order valence-corrected chi connectivity index (χ3v) is 5.72. The highest BCUT2D eigenvalue weighted by Gasteiger charge is 2.35. The van der Waals surface area contributed by atoms with Gasteiger partial charge in [-0.15, -0.1) is 0 Å². The second-order valence-electron chi connectivity index (χ2n) is 8.02. The van der Waals surface area contributed by atoms with Gasteiger partial charge in [0.05, 0.1) is 18.3 Å². The van der Waals surface area contributed by atoms with E-state index in [9.17, 15) is 9.59 Å². The number of urea groups is 1. The van der Waals surface area contributed by atoms with E-state index in [1.54, 1.807) is 6.92 Å². The highest BCUT2D eigenvalue weighted by atomic mass is 16.5. The van der Waals surface area contributed by atoms with Gasteiger partial charge >= 0.3 is 6.03 Å². The van der Waals surface area contributed by atoms with Crippen molar-refractivity contribution in [2.45, 2.75) is 33.4 Å². The lowest BCUT2D eigenvalue weighted by Gasteiger charge is -2.35. The standard InChI is InChI=1S/C28H28N2O4/c1-4-33-25-17-22(15-16-24(25)34-18-21-11-7-5-8-12-21)27-26(20(3)31)19(2)30(28(32)29-27)23-13-9-6-10-14-23/h5-17,27H,4,18H2,1-3H3,(H,29,32)/t27-/m0/s1. The minimum absolute atomic E-state index is 0.106. The Balaban J connectivity index is 1.68. The first-order chi connectivity index (χ1) is 16.5. The molecule has 0 unspecified atom stereocenters. The number of anilines is 1. The Hall–Kier alpha value is -4.06. The topological polar surface area (TPSA) is 67.9 Å². The van der Waals surface area contributed by atoms with E-state index in [-0.39, 0.29) is 11.8 Å². The predicted octanol–water partition coefficient (Wildman–Crippen LogP) is 5.80. The highest BCUT2D eigenvalue weighted by molar-refractivity contribution is 6.04. The molecule has 0 spiro atoms. The number of allylic oxidation sites excluding steroid dienone is 1. The summed E-state index contributed by atoms with van der Waals surface area (Å²) in [5.41, 5.74) is 3.64. The summed E-state index contributed by atoms with van der Waals surface area (Å²) in [6.07, 6.45) is 0. The Morgan fingerprint density at radius 1 is 0.941 bits per heavy atom. The number of benzene rings is 3. The summed E-state index contributed by atoms with van der Waals surface area (Å²) in [4.78, 5) is 27.4. The van der Waals surface area contributed by atoms with Gasteiger partial charge in [0.2, 0.25) is 0 Å². The predicted molar refractivity (Wildman–Crippen MR) is 132 cm³/mol. The molecule has 0 aliphatic carbocycles. The molecule has 1 N–H and O–H groups in total. The summed E-state index contributed by atoms with van der Waals surface area (Å²) < 4.78 is 11.9. The molecule has 6 nitrogen and oxygen atoms in total. The largest absolute Gasteiger partial charge is 0.490 e. The lowest BCUT2D eigenvalue weighted by molar-refractivity contribution is -0.114. The molecule has 1 aliphatic rings. The van der Waals surface area contributed by atoms with Crippen molar-refractivity contribution in [3.05, 3.63) is 101 Å². The second-order valence-corrected chi connectivity index (χ2v) is 8.02. The molecule has 0 bridgehead atoms. The fourth-order valence-corrected chi connectivity index (χ4v) is 4.16. The van der Waals surface area contributed by atoms with Gasteiger partial charge in [0.25, 0.3) is 0 Å². The Bertz CT molecular complexity index is 1210. The summed E-state index contributed by atoms with van der Waals surface area (Å²) in [7, 11) is 0. The molecule has 1 atom stereocenters. The molecule has 6 heteroatoms. The summed E-state index contributed by atoms with van der Waals surface area (Å²) >= 11 is 0. The van der Waals surface area contributed by atoms with E-state index >= 15 is 0 Å². The van der Waals surface area contributed by atoms with Crippen molar-refractivity contribution in [3.8, 4) is 11.5 Å². The number of nitrogens with zero attached hydrogens (tertiary/aromatic N) is 1. The Kier molecular flexibility index (Phi) is 6.97. The Labute approximate surface area is 199 Å². The average Bonchev–Trinajstić information content (AvgIpc) is 2.84. The lowest BCUT2D eigenvalue weighted by atomic mass is 9.92. The van der Waals surface area contributed by atoms with Crippen molar-refractivity contribution in [1.29, 1.82) is 0 Å². The van der Waals surface area contributed by atoms with Gasteiger partial charge in [-0.25, -0.2) is 4.79 Å². The third kappa shape index (κ3) is 4.81. The van der Waals surface area contributed by atoms with Crippen LogP contribution >= 0.6 is 0 Å². The van der Waals surface area contributed by atoms with E-state index in [0.29, 0.717) is 41.7 Å². The van der Waals surface area contributed by atoms with Crippen molar-refractivity contribution in [3.63, 3.8) is 0 Å². The molecule has 1 aliphatic heterocycles. The van der Waals surface area contributed by atoms with Crippen LogP contribution < -0.4 is 19.7 Å². The van der Waals surface area contributed by atoms with Gasteiger partial charge in [-0.2, -0.15) is 0 Å². The van der Waals surface area contributed by atoms with Gasteiger partial charge < -0.3 is 14.8 Å². The minimum Gasteiger partial charge on any atom is -0.490 e. The zero-order chi connectivity index (χ0) is 24.1. The molecule has 0 radical (unpaired) electrons. The van der Waals surface area contributed by atoms with Gasteiger partial charge in [-0.3, -0.25) is 9.69 Å². The molecule has 0 saturated carbocycles. The van der Waals surface area contributed by atoms with Crippen LogP contribution in [0.2, 0.25) is 0 Å². The monoisotopic (exact) mass is 456 g/mol. The number of para-hydroxylation sites is 1. The second kappa shape index (κ2) is 10.3. The van der Waals surface area contributed by atoms with Crippen LogP contribution in [0.5, 0.6) is 11.5 Å². The zero-order valence-corrected chi connectivity index (χ0v) is 19.6. The summed E-state index contributed by atoms with van der Waals surface area (Å²) in [6.45, 7) is 6.09. The maximum absolute atomic E-state index is 13.1. The van der Waals surface area contributed by atoms with E-state index < -0.39 is 6.04 Å². The van der Waals surface area contributed by atoms with Crippen molar-refractivity contribution in [2.24, 2.45) is 0 Å². The maximum Gasteiger partial charge on any atom is 0.326 e. The summed E-state index contributed by atoms with van der Waals surface area (Å²) in [5.74, 6) is 1.06. The molecule has 3 aromatic rings. The molecular weight excluding hydrogens is 428 g/mol. The van der Waals surface area contributed by atoms with Gasteiger partial charge in [-0.1, -0.05) is 54.6 Å². The first kappa shape index (κ1) is 23.1. The maximum atomic E-state index is 13.1. The molecular formula is C28H28N2O4. The van der Waals surface area contributed by atoms with Gasteiger partial charge in [0.15, 0.2) is 17.3 Å². The molecule has 2 amide bonds. The van der Waals surface area contributed by atoms with Crippen molar-refractivity contribution < 1.29 is 19.1 Å². The van der Waals surface area contributed by atoms with Gasteiger partial charge in [0, 0.05) is 11.3 Å². The van der Waals surface area contributed by atoms with Crippen LogP contribution in [0.25, 0.3) is 0 Å². The molecule has 3 aromatic carbocycles. The molecule has 4 rings (SSSR count). The van der Waals surface area contributed by atoms with E-state index in [2.05, 4.69) is 5.32 Å². The number of carbonyl (C=O) groups is 2. The minimum atomic E-state index is -0.590. The van der Waals surface area contributed by atoms with E-state index in [1.165, 1.54) is 11.8 Å². The highest BCUT2D eigenvalue weighted by Crippen LogP contribution is 2.37. The molecule has 174 valence electrons. The van der Waals surface area contributed by atoms with E-state index in [1.807, 2.05) is 85.8 Å². The van der Waals surface area contributed by atoms with Crippen LogP contribution in [0.4, 0.5) is 10.5 Å². The summed E-state index contributed by atoms with van der Waals surface area (Å²) in [5, 5.41) is 3.00. The first-order valence-corrected chi connectivity index (χ1v) is 11.3. The number of nitrogens with one attached hydrogen (secondary N) is 1. The van der Waals surface area contributed by atoms with Crippen LogP contribution in [-0.2, 0) is 11.4 Å². The van der Waals surface area contributed by atoms with Crippen LogP contribution in [-0.4, -0.2) is 18.4 Å². The van der Waals surface area contributed by atoms with E-state index in [0.717, 1.165) is 11.1 Å². The molecule has 34 heavy (non-hydrogen) atoms. The van der Waals surface area contributed by atoms with E-state index in [4.69, 9.17) is 9.47 Å². The van der Waals surface area contributed by atoms with Crippen molar-refractivity contribution in [2.75, 3.05) is 11.5 Å². The number of carbonyl (C=O) groups excluding carboxylic acids is 2. The Morgan fingerprint density at radius 2 is 1.62 bits per heavy atom. The average molecular weight is 457 g/mol. The number of Topliss-reactive ketones (excluding diaryl/α,β-unsaturated/α-hetero) is 1. The number of hydrogen-bond acceptors (Lipinski definition) is 4. The molecule has 0 fully saturated rings. The third-order valence-electron chi connectivity index (χ3n) is 5.72. The molecule has 0 saturated heterocycles. The number of rotatable bonds is 8. The van der Waals surface area contributed by atoms with Crippen molar-refractivity contribution >= 4 is 17.5 Å². The number of ether oxygens (including phenoxy) is 2. The van der Waals surface area contributed by atoms with Crippen LogP contribution in [0.15, 0.2) is 90.1 Å².